The third-order valence-electron chi connectivity index (χ3n) is 3.98. The van der Waals surface area contributed by atoms with E-state index in [4.69, 9.17) is 4.42 Å². The molecule has 0 bridgehead atoms. The molecule has 0 aliphatic carbocycles. The Morgan fingerprint density at radius 1 is 1.47 bits per heavy atom. The van der Waals surface area contributed by atoms with Gasteiger partial charge < -0.3 is 14.6 Å². The fourth-order valence-electron chi connectivity index (χ4n) is 2.74. The number of piperidine rings is 1. The molecule has 108 valence electrons. The smallest absolute Gasteiger partial charge is 0.122 e. The summed E-state index contributed by atoms with van der Waals surface area (Å²) in [6, 6.07) is 2.81. The highest BCUT2D eigenvalue weighted by atomic mass is 16.3. The van der Waals surface area contributed by atoms with Gasteiger partial charge in [-0.25, -0.2) is 0 Å². The molecular formula is C15H27N3O. The molecule has 0 saturated carbocycles. The first-order valence-corrected chi connectivity index (χ1v) is 7.35. The summed E-state index contributed by atoms with van der Waals surface area (Å²) in [5.74, 6) is 1.09. The summed E-state index contributed by atoms with van der Waals surface area (Å²) in [5.41, 5.74) is 1.33. The second kappa shape index (κ2) is 7.08. The standard InChI is InChI=1S/C15H27N3O/c1-4-16-10-15-13(7-9-19-15)11-18-8-5-6-14(12-18)17(2)3/h7,9,14,16H,4-6,8,10-12H2,1-3H3. The largest absolute Gasteiger partial charge is 0.468 e. The molecule has 0 spiro atoms. The molecule has 1 unspecified atom stereocenters. The van der Waals surface area contributed by atoms with Crippen LogP contribution in [0.25, 0.3) is 0 Å². The van der Waals surface area contributed by atoms with Gasteiger partial charge in [0.25, 0.3) is 0 Å². The predicted molar refractivity (Wildman–Crippen MR) is 78.1 cm³/mol. The average molecular weight is 265 g/mol. The monoisotopic (exact) mass is 265 g/mol. The highest BCUT2D eigenvalue weighted by Crippen LogP contribution is 2.19. The Morgan fingerprint density at radius 3 is 3.05 bits per heavy atom. The lowest BCUT2D eigenvalue weighted by molar-refractivity contribution is 0.127. The Hall–Kier alpha value is -0.840. The van der Waals surface area contributed by atoms with Crippen LogP contribution in [-0.2, 0) is 13.1 Å². The fraction of sp³-hybridized carbons (Fsp3) is 0.733. The number of nitrogens with zero attached hydrogens (tertiary/aromatic N) is 2. The van der Waals surface area contributed by atoms with Gasteiger partial charge in [-0.2, -0.15) is 0 Å². The number of hydrogen-bond donors (Lipinski definition) is 1. The van der Waals surface area contributed by atoms with E-state index in [1.54, 1.807) is 0 Å². The van der Waals surface area contributed by atoms with Crippen LogP contribution in [0.2, 0.25) is 0 Å². The van der Waals surface area contributed by atoms with Crippen LogP contribution in [0.3, 0.4) is 0 Å². The van der Waals surface area contributed by atoms with Crippen LogP contribution in [0, 0.1) is 0 Å². The second-order valence-electron chi connectivity index (χ2n) is 5.64. The zero-order valence-corrected chi connectivity index (χ0v) is 12.5. The first-order chi connectivity index (χ1) is 9.20. The Morgan fingerprint density at radius 2 is 2.32 bits per heavy atom. The average Bonchev–Trinajstić information content (AvgIpc) is 2.84. The van der Waals surface area contributed by atoms with E-state index in [0.717, 1.165) is 25.4 Å². The molecule has 2 rings (SSSR count). The third kappa shape index (κ3) is 4.06. The van der Waals surface area contributed by atoms with Crippen molar-refractivity contribution in [2.24, 2.45) is 0 Å². The van der Waals surface area contributed by atoms with Crippen LogP contribution >= 0.6 is 0 Å². The lowest BCUT2D eigenvalue weighted by Crippen LogP contribution is -2.44. The van der Waals surface area contributed by atoms with E-state index in [1.807, 2.05) is 6.26 Å². The molecule has 4 nitrogen and oxygen atoms in total. The van der Waals surface area contributed by atoms with Crippen LogP contribution in [0.15, 0.2) is 16.7 Å². The Labute approximate surface area is 116 Å². The lowest BCUT2D eigenvalue weighted by atomic mass is 10.0. The molecule has 1 aromatic heterocycles. The summed E-state index contributed by atoms with van der Waals surface area (Å²) in [6.07, 6.45) is 4.43. The molecule has 0 amide bonds. The van der Waals surface area contributed by atoms with Gasteiger partial charge in [-0.1, -0.05) is 6.92 Å². The summed E-state index contributed by atoms with van der Waals surface area (Å²) in [7, 11) is 4.37. The maximum atomic E-state index is 5.58. The molecule has 1 saturated heterocycles. The lowest BCUT2D eigenvalue weighted by Gasteiger charge is -2.36. The van der Waals surface area contributed by atoms with Crippen molar-refractivity contribution in [2.45, 2.75) is 38.9 Å². The molecule has 19 heavy (non-hydrogen) atoms. The number of likely N-dealkylation sites (tertiary alicyclic amines) is 1. The van der Waals surface area contributed by atoms with Gasteiger partial charge >= 0.3 is 0 Å². The maximum Gasteiger partial charge on any atom is 0.122 e. The van der Waals surface area contributed by atoms with Crippen molar-refractivity contribution in [3.8, 4) is 0 Å². The van der Waals surface area contributed by atoms with Crippen LogP contribution in [-0.4, -0.2) is 49.6 Å². The summed E-state index contributed by atoms with van der Waals surface area (Å²) in [6.45, 7) is 7.32. The minimum Gasteiger partial charge on any atom is -0.468 e. The minimum atomic E-state index is 0.692. The molecule has 0 radical (unpaired) electrons. The zero-order chi connectivity index (χ0) is 13.7. The van der Waals surface area contributed by atoms with Gasteiger partial charge in [0.15, 0.2) is 0 Å². The SMILES string of the molecule is CCNCc1occc1CN1CCCC(N(C)C)C1. The number of hydrogen-bond acceptors (Lipinski definition) is 4. The number of rotatable bonds is 6. The van der Waals surface area contributed by atoms with E-state index in [-0.39, 0.29) is 0 Å². The van der Waals surface area contributed by atoms with Crippen molar-refractivity contribution in [3.63, 3.8) is 0 Å². The van der Waals surface area contributed by atoms with Gasteiger partial charge in [0, 0.05) is 24.7 Å². The topological polar surface area (TPSA) is 31.7 Å². The molecule has 1 aromatic rings. The Balaban J connectivity index is 1.91. The van der Waals surface area contributed by atoms with E-state index < -0.39 is 0 Å². The van der Waals surface area contributed by atoms with Crippen LogP contribution < -0.4 is 5.32 Å². The second-order valence-corrected chi connectivity index (χ2v) is 5.64. The molecule has 1 fully saturated rings. The summed E-state index contributed by atoms with van der Waals surface area (Å²) >= 11 is 0. The normalized spacial score (nSPS) is 21.2. The van der Waals surface area contributed by atoms with Crippen molar-refractivity contribution in [1.82, 2.24) is 15.1 Å². The van der Waals surface area contributed by atoms with Crippen molar-refractivity contribution >= 4 is 0 Å². The molecular weight excluding hydrogens is 238 g/mol. The maximum absolute atomic E-state index is 5.58. The first kappa shape index (κ1) is 14.6. The molecule has 1 N–H and O–H groups in total. The fourth-order valence-corrected chi connectivity index (χ4v) is 2.74. The van der Waals surface area contributed by atoms with Gasteiger partial charge in [0.2, 0.25) is 0 Å². The summed E-state index contributed by atoms with van der Waals surface area (Å²) in [5, 5.41) is 3.33. The van der Waals surface area contributed by atoms with E-state index >= 15 is 0 Å². The minimum absolute atomic E-state index is 0.692. The molecule has 4 heteroatoms. The molecule has 0 aromatic carbocycles. The van der Waals surface area contributed by atoms with Crippen molar-refractivity contribution in [1.29, 1.82) is 0 Å². The summed E-state index contributed by atoms with van der Waals surface area (Å²) < 4.78 is 5.58. The number of nitrogens with one attached hydrogen (secondary N) is 1. The Kier molecular flexibility index (Phi) is 5.43. The Bertz CT molecular complexity index is 375. The molecule has 2 heterocycles. The highest BCUT2D eigenvalue weighted by molar-refractivity contribution is 5.17. The molecule has 1 atom stereocenters. The van der Waals surface area contributed by atoms with Gasteiger partial charge in [-0.3, -0.25) is 4.90 Å². The zero-order valence-electron chi connectivity index (χ0n) is 12.5. The highest BCUT2D eigenvalue weighted by Gasteiger charge is 2.22. The van der Waals surface area contributed by atoms with Gasteiger partial charge in [0.05, 0.1) is 12.8 Å². The van der Waals surface area contributed by atoms with Crippen LogP contribution in [0.5, 0.6) is 0 Å². The third-order valence-corrected chi connectivity index (χ3v) is 3.98. The number of furan rings is 1. The van der Waals surface area contributed by atoms with Gasteiger partial charge in [0.1, 0.15) is 5.76 Å². The van der Waals surface area contributed by atoms with E-state index in [2.05, 4.69) is 42.2 Å². The first-order valence-electron chi connectivity index (χ1n) is 7.35. The van der Waals surface area contributed by atoms with Crippen molar-refractivity contribution < 1.29 is 4.42 Å². The molecule has 1 aliphatic rings. The molecule has 1 aliphatic heterocycles. The van der Waals surface area contributed by atoms with E-state index in [1.165, 1.54) is 31.5 Å². The van der Waals surface area contributed by atoms with E-state index in [9.17, 15) is 0 Å². The quantitative estimate of drug-likeness (QED) is 0.851. The van der Waals surface area contributed by atoms with Crippen molar-refractivity contribution in [3.05, 3.63) is 23.7 Å². The number of likely N-dealkylation sites (N-methyl/N-ethyl adjacent to an activating group) is 1. The summed E-state index contributed by atoms with van der Waals surface area (Å²) in [4.78, 5) is 4.90. The van der Waals surface area contributed by atoms with Crippen molar-refractivity contribution in [2.75, 3.05) is 33.7 Å². The van der Waals surface area contributed by atoms with E-state index in [0.29, 0.717) is 6.04 Å². The van der Waals surface area contributed by atoms with Crippen LogP contribution in [0.1, 0.15) is 31.1 Å². The van der Waals surface area contributed by atoms with Gasteiger partial charge in [-0.05, 0) is 46.1 Å². The van der Waals surface area contributed by atoms with Gasteiger partial charge in [-0.15, -0.1) is 0 Å². The van der Waals surface area contributed by atoms with Crippen LogP contribution in [0.4, 0.5) is 0 Å². The predicted octanol–water partition coefficient (Wildman–Crippen LogP) is 1.92.